The van der Waals surface area contributed by atoms with Gasteiger partial charge in [0.05, 0.1) is 5.02 Å². The fourth-order valence-corrected chi connectivity index (χ4v) is 3.23. The lowest BCUT2D eigenvalue weighted by molar-refractivity contribution is 0.166. The van der Waals surface area contributed by atoms with Gasteiger partial charge in [0.1, 0.15) is 0 Å². The van der Waals surface area contributed by atoms with Crippen LogP contribution in [0.25, 0.3) is 0 Å². The van der Waals surface area contributed by atoms with Crippen LogP contribution >= 0.6 is 11.6 Å². The van der Waals surface area contributed by atoms with E-state index in [0.29, 0.717) is 22.9 Å². The normalized spacial score (nSPS) is 26.7. The molecular formula is C14H19ClN2O2. The molecule has 2 atom stereocenters. The number of nitrogens with one attached hydrogen (secondary N) is 1. The van der Waals surface area contributed by atoms with Gasteiger partial charge in [-0.05, 0) is 31.5 Å². The van der Waals surface area contributed by atoms with Crippen LogP contribution in [0.2, 0.25) is 5.02 Å². The van der Waals surface area contributed by atoms with E-state index in [9.17, 15) is 0 Å². The standard InChI is InChI=1S/C14H19ClN2O2/c1-9-5-17(6-10(2)16-9)7-11-3-12(15)14-13(4-11)18-8-19-14/h3-4,9-10,16H,5-8H2,1-2H3. The maximum atomic E-state index is 6.21. The molecule has 0 saturated carbocycles. The maximum absolute atomic E-state index is 6.21. The molecule has 19 heavy (non-hydrogen) atoms. The van der Waals surface area contributed by atoms with Crippen molar-refractivity contribution in [3.05, 3.63) is 22.7 Å². The highest BCUT2D eigenvalue weighted by Gasteiger charge is 2.23. The maximum Gasteiger partial charge on any atom is 0.231 e. The third kappa shape index (κ3) is 2.81. The summed E-state index contributed by atoms with van der Waals surface area (Å²) >= 11 is 6.21. The Morgan fingerprint density at radius 2 is 2.00 bits per heavy atom. The summed E-state index contributed by atoms with van der Waals surface area (Å²) in [7, 11) is 0. The number of ether oxygens (including phenoxy) is 2. The summed E-state index contributed by atoms with van der Waals surface area (Å²) in [5.74, 6) is 1.44. The number of halogens is 1. The van der Waals surface area contributed by atoms with Crippen molar-refractivity contribution in [1.82, 2.24) is 10.2 Å². The molecule has 2 aliphatic heterocycles. The fourth-order valence-electron chi connectivity index (χ4n) is 2.94. The molecule has 0 aromatic heterocycles. The highest BCUT2D eigenvalue weighted by Crippen LogP contribution is 2.40. The number of benzene rings is 1. The molecule has 0 aliphatic carbocycles. The number of hydrogen-bond donors (Lipinski definition) is 1. The Labute approximate surface area is 118 Å². The van der Waals surface area contributed by atoms with Gasteiger partial charge in [-0.3, -0.25) is 4.90 Å². The van der Waals surface area contributed by atoms with Crippen LogP contribution in [0.1, 0.15) is 19.4 Å². The lowest BCUT2D eigenvalue weighted by atomic mass is 10.1. The second-order valence-corrected chi connectivity index (χ2v) is 5.88. The molecule has 104 valence electrons. The SMILES string of the molecule is CC1CN(Cc2cc(Cl)c3c(c2)OCO3)CC(C)N1. The number of piperazine rings is 1. The first-order valence-corrected chi connectivity index (χ1v) is 7.06. The molecule has 2 heterocycles. The van der Waals surface area contributed by atoms with Gasteiger partial charge in [-0.15, -0.1) is 0 Å². The number of nitrogens with zero attached hydrogens (tertiary/aromatic N) is 1. The minimum absolute atomic E-state index is 0.264. The van der Waals surface area contributed by atoms with Crippen LogP contribution < -0.4 is 14.8 Å². The summed E-state index contributed by atoms with van der Waals surface area (Å²) in [6.45, 7) is 7.70. The zero-order valence-corrected chi connectivity index (χ0v) is 12.0. The summed E-state index contributed by atoms with van der Waals surface area (Å²) in [6, 6.07) is 5.05. The predicted octanol–water partition coefficient (Wildman–Crippen LogP) is 2.25. The minimum Gasteiger partial charge on any atom is -0.454 e. The zero-order chi connectivity index (χ0) is 13.4. The molecule has 1 fully saturated rings. The van der Waals surface area contributed by atoms with Crippen molar-refractivity contribution < 1.29 is 9.47 Å². The number of rotatable bonds is 2. The van der Waals surface area contributed by atoms with E-state index < -0.39 is 0 Å². The molecule has 1 N–H and O–H groups in total. The van der Waals surface area contributed by atoms with E-state index in [0.717, 1.165) is 25.4 Å². The molecule has 1 aromatic rings. The van der Waals surface area contributed by atoms with Gasteiger partial charge >= 0.3 is 0 Å². The number of fused-ring (bicyclic) bond motifs is 1. The third-order valence-electron chi connectivity index (χ3n) is 3.53. The molecule has 2 aliphatic rings. The molecule has 2 unspecified atom stereocenters. The highest BCUT2D eigenvalue weighted by molar-refractivity contribution is 6.32. The van der Waals surface area contributed by atoms with Crippen molar-refractivity contribution >= 4 is 11.6 Å². The minimum atomic E-state index is 0.264. The molecule has 1 aromatic carbocycles. The molecule has 1 saturated heterocycles. The van der Waals surface area contributed by atoms with Crippen molar-refractivity contribution in [2.24, 2.45) is 0 Å². The average Bonchev–Trinajstić information content (AvgIpc) is 2.75. The van der Waals surface area contributed by atoms with Crippen LogP contribution in [0.15, 0.2) is 12.1 Å². The third-order valence-corrected chi connectivity index (χ3v) is 3.81. The molecule has 0 spiro atoms. The van der Waals surface area contributed by atoms with Crippen LogP contribution in [0.3, 0.4) is 0 Å². The second-order valence-electron chi connectivity index (χ2n) is 5.47. The summed E-state index contributed by atoms with van der Waals surface area (Å²) in [5.41, 5.74) is 1.18. The summed E-state index contributed by atoms with van der Waals surface area (Å²) < 4.78 is 10.7. The van der Waals surface area contributed by atoms with E-state index in [2.05, 4.69) is 24.1 Å². The first-order chi connectivity index (χ1) is 9.11. The summed E-state index contributed by atoms with van der Waals surface area (Å²) in [5, 5.41) is 4.18. The van der Waals surface area contributed by atoms with E-state index in [1.165, 1.54) is 5.56 Å². The van der Waals surface area contributed by atoms with Crippen LogP contribution in [-0.2, 0) is 6.54 Å². The first kappa shape index (κ1) is 13.0. The van der Waals surface area contributed by atoms with Gasteiger partial charge in [-0.1, -0.05) is 11.6 Å². The molecule has 0 radical (unpaired) electrons. The average molecular weight is 283 g/mol. The molecule has 0 bridgehead atoms. The Morgan fingerprint density at radius 3 is 2.74 bits per heavy atom. The van der Waals surface area contributed by atoms with E-state index in [4.69, 9.17) is 21.1 Å². The van der Waals surface area contributed by atoms with E-state index in [1.54, 1.807) is 0 Å². The highest BCUT2D eigenvalue weighted by atomic mass is 35.5. The van der Waals surface area contributed by atoms with Crippen molar-refractivity contribution in [2.45, 2.75) is 32.5 Å². The molecule has 0 amide bonds. The first-order valence-electron chi connectivity index (χ1n) is 6.68. The van der Waals surface area contributed by atoms with Crippen LogP contribution in [0.5, 0.6) is 11.5 Å². The molecular weight excluding hydrogens is 264 g/mol. The van der Waals surface area contributed by atoms with Gasteiger partial charge in [0.25, 0.3) is 0 Å². The van der Waals surface area contributed by atoms with Gasteiger partial charge in [-0.2, -0.15) is 0 Å². The quantitative estimate of drug-likeness (QED) is 0.902. The Bertz CT molecular complexity index is 471. The smallest absolute Gasteiger partial charge is 0.231 e. The van der Waals surface area contributed by atoms with E-state index in [-0.39, 0.29) is 6.79 Å². The van der Waals surface area contributed by atoms with Gasteiger partial charge < -0.3 is 14.8 Å². The topological polar surface area (TPSA) is 33.7 Å². The van der Waals surface area contributed by atoms with Crippen LogP contribution in [0.4, 0.5) is 0 Å². The lowest BCUT2D eigenvalue weighted by Gasteiger charge is -2.36. The monoisotopic (exact) mass is 282 g/mol. The fraction of sp³-hybridized carbons (Fsp3) is 0.571. The van der Waals surface area contributed by atoms with E-state index in [1.807, 2.05) is 12.1 Å². The Hall–Kier alpha value is -0.970. The Balaban J connectivity index is 1.75. The van der Waals surface area contributed by atoms with Crippen molar-refractivity contribution in [3.8, 4) is 11.5 Å². The van der Waals surface area contributed by atoms with Crippen LogP contribution in [-0.4, -0.2) is 36.9 Å². The van der Waals surface area contributed by atoms with Gasteiger partial charge in [-0.25, -0.2) is 0 Å². The Morgan fingerprint density at radius 1 is 1.26 bits per heavy atom. The summed E-state index contributed by atoms with van der Waals surface area (Å²) in [4.78, 5) is 2.44. The van der Waals surface area contributed by atoms with Crippen molar-refractivity contribution in [2.75, 3.05) is 19.9 Å². The lowest BCUT2D eigenvalue weighted by Crippen LogP contribution is -2.53. The molecule has 4 nitrogen and oxygen atoms in total. The van der Waals surface area contributed by atoms with Gasteiger partial charge in [0.2, 0.25) is 6.79 Å². The molecule has 5 heteroatoms. The summed E-state index contributed by atoms with van der Waals surface area (Å²) in [6.07, 6.45) is 0. The Kier molecular flexibility index (Phi) is 3.56. The predicted molar refractivity (Wildman–Crippen MR) is 74.9 cm³/mol. The van der Waals surface area contributed by atoms with E-state index >= 15 is 0 Å². The van der Waals surface area contributed by atoms with Crippen LogP contribution in [0, 0.1) is 0 Å². The van der Waals surface area contributed by atoms with Crippen molar-refractivity contribution in [1.29, 1.82) is 0 Å². The van der Waals surface area contributed by atoms with Gasteiger partial charge in [0, 0.05) is 31.7 Å². The van der Waals surface area contributed by atoms with Crippen molar-refractivity contribution in [3.63, 3.8) is 0 Å². The largest absolute Gasteiger partial charge is 0.454 e. The number of hydrogen-bond acceptors (Lipinski definition) is 4. The van der Waals surface area contributed by atoms with Gasteiger partial charge in [0.15, 0.2) is 11.5 Å². The second kappa shape index (κ2) is 5.19. The zero-order valence-electron chi connectivity index (χ0n) is 11.3. The molecule has 3 rings (SSSR count).